The molecule has 0 aromatic carbocycles. The van der Waals surface area contributed by atoms with Crippen molar-refractivity contribution in [2.24, 2.45) is 28.1 Å². The van der Waals surface area contributed by atoms with E-state index in [1.54, 1.807) is 13.8 Å². The number of aliphatic carboxylic acids is 2. The highest BCUT2D eigenvalue weighted by Crippen LogP contribution is 2.08. The molecule has 0 saturated carbocycles. The van der Waals surface area contributed by atoms with Crippen LogP contribution in [0, 0.1) is 5.92 Å². The second-order valence-electron chi connectivity index (χ2n) is 8.46. The third-order valence-corrected chi connectivity index (χ3v) is 5.70. The van der Waals surface area contributed by atoms with Gasteiger partial charge in [0.1, 0.15) is 18.1 Å². The van der Waals surface area contributed by atoms with Gasteiger partial charge in [0.15, 0.2) is 5.96 Å². The van der Waals surface area contributed by atoms with Crippen LogP contribution in [0.4, 0.5) is 0 Å². The predicted octanol–water partition coefficient (Wildman–Crippen LogP) is -1.82. The maximum Gasteiger partial charge on any atom is 0.326 e. The van der Waals surface area contributed by atoms with E-state index in [2.05, 4.69) is 20.9 Å². The van der Waals surface area contributed by atoms with Crippen molar-refractivity contribution < 1.29 is 34.2 Å². The highest BCUT2D eigenvalue weighted by molar-refractivity contribution is 7.98. The summed E-state index contributed by atoms with van der Waals surface area (Å²) in [6.07, 6.45) is 2.06. The Morgan fingerprint density at radius 1 is 0.889 bits per heavy atom. The number of nitrogens with zero attached hydrogens (tertiary/aromatic N) is 1. The Labute approximate surface area is 214 Å². The molecule has 14 nitrogen and oxygen atoms in total. The molecule has 3 amide bonds. The predicted molar refractivity (Wildman–Crippen MR) is 136 cm³/mol. The Balaban J connectivity index is 5.30. The number of nitrogens with one attached hydrogen (secondary N) is 3. The minimum atomic E-state index is -1.43. The lowest BCUT2D eigenvalue weighted by molar-refractivity contribution is -0.143. The van der Waals surface area contributed by atoms with E-state index in [0.717, 1.165) is 0 Å². The second-order valence-corrected chi connectivity index (χ2v) is 9.45. The highest BCUT2D eigenvalue weighted by atomic mass is 32.2. The van der Waals surface area contributed by atoms with Crippen LogP contribution in [0.15, 0.2) is 4.99 Å². The molecular formula is C21H39N7O7S. The number of nitrogens with two attached hydrogens (primary N) is 3. The molecule has 4 unspecified atom stereocenters. The number of hydrogen-bond donors (Lipinski definition) is 8. The van der Waals surface area contributed by atoms with Gasteiger partial charge in [-0.2, -0.15) is 11.8 Å². The number of hydrogen-bond acceptors (Lipinski definition) is 8. The van der Waals surface area contributed by atoms with E-state index < -0.39 is 66.2 Å². The molecule has 0 aliphatic heterocycles. The molecule has 0 fully saturated rings. The van der Waals surface area contributed by atoms with E-state index in [1.807, 2.05) is 6.26 Å². The molecule has 0 aromatic heterocycles. The van der Waals surface area contributed by atoms with Crippen LogP contribution in [0.1, 0.15) is 46.0 Å². The van der Waals surface area contributed by atoms with Crippen LogP contribution < -0.4 is 33.2 Å². The quantitative estimate of drug-likeness (QED) is 0.0553. The first-order chi connectivity index (χ1) is 16.8. The largest absolute Gasteiger partial charge is 0.481 e. The Kier molecular flexibility index (Phi) is 15.9. The molecule has 0 bridgehead atoms. The maximum absolute atomic E-state index is 13.0. The Bertz CT molecular complexity index is 791. The van der Waals surface area contributed by atoms with Crippen molar-refractivity contribution in [1.82, 2.24) is 16.0 Å². The molecule has 11 N–H and O–H groups in total. The number of carbonyl (C=O) groups is 5. The normalized spacial score (nSPS) is 14.1. The summed E-state index contributed by atoms with van der Waals surface area (Å²) in [5, 5.41) is 25.6. The molecule has 0 aliphatic carbocycles. The van der Waals surface area contributed by atoms with Gasteiger partial charge in [0.25, 0.3) is 0 Å². The van der Waals surface area contributed by atoms with Crippen molar-refractivity contribution in [3.05, 3.63) is 0 Å². The third kappa shape index (κ3) is 13.7. The molecule has 0 aromatic rings. The molecule has 0 saturated heterocycles. The third-order valence-electron chi connectivity index (χ3n) is 5.06. The summed E-state index contributed by atoms with van der Waals surface area (Å²) in [6.45, 7) is 3.60. The summed E-state index contributed by atoms with van der Waals surface area (Å²) in [5.41, 5.74) is 16.4. The highest BCUT2D eigenvalue weighted by Gasteiger charge is 2.31. The lowest BCUT2D eigenvalue weighted by Crippen LogP contribution is -2.58. The summed E-state index contributed by atoms with van der Waals surface area (Å²) >= 11 is 1.46. The van der Waals surface area contributed by atoms with Gasteiger partial charge in [-0.15, -0.1) is 0 Å². The van der Waals surface area contributed by atoms with Gasteiger partial charge in [-0.1, -0.05) is 13.8 Å². The Hall–Kier alpha value is -3.07. The number of guanidine groups is 1. The van der Waals surface area contributed by atoms with Crippen molar-refractivity contribution in [2.45, 2.75) is 70.1 Å². The van der Waals surface area contributed by atoms with E-state index in [1.165, 1.54) is 11.8 Å². The van der Waals surface area contributed by atoms with Gasteiger partial charge in [-0.25, -0.2) is 4.79 Å². The summed E-state index contributed by atoms with van der Waals surface area (Å²) in [4.78, 5) is 64.3. The topological polar surface area (TPSA) is 252 Å². The average molecular weight is 534 g/mol. The summed E-state index contributed by atoms with van der Waals surface area (Å²) in [7, 11) is 0. The monoisotopic (exact) mass is 533 g/mol. The van der Waals surface area contributed by atoms with E-state index in [9.17, 15) is 29.1 Å². The molecule has 4 atom stereocenters. The first-order valence-electron chi connectivity index (χ1n) is 11.5. The van der Waals surface area contributed by atoms with E-state index in [4.69, 9.17) is 22.3 Å². The van der Waals surface area contributed by atoms with Crippen LogP contribution in [-0.2, 0) is 24.0 Å². The molecule has 0 radical (unpaired) electrons. The molecule has 0 spiro atoms. The minimum absolute atomic E-state index is 0.0675. The van der Waals surface area contributed by atoms with E-state index >= 15 is 0 Å². The van der Waals surface area contributed by atoms with Crippen molar-refractivity contribution in [3.63, 3.8) is 0 Å². The zero-order valence-corrected chi connectivity index (χ0v) is 21.7. The molecule has 0 aliphatic rings. The van der Waals surface area contributed by atoms with Crippen LogP contribution in [0.25, 0.3) is 0 Å². The summed E-state index contributed by atoms with van der Waals surface area (Å²) in [6, 6.07) is -4.44. The number of carboxylic acids is 2. The fourth-order valence-electron chi connectivity index (χ4n) is 3.01. The van der Waals surface area contributed by atoms with E-state index in [-0.39, 0.29) is 25.2 Å². The fraction of sp³-hybridized carbons (Fsp3) is 0.714. The molecule has 36 heavy (non-hydrogen) atoms. The van der Waals surface area contributed by atoms with Gasteiger partial charge in [0.05, 0.1) is 6.04 Å². The smallest absolute Gasteiger partial charge is 0.326 e. The Morgan fingerprint density at radius 3 is 2.00 bits per heavy atom. The van der Waals surface area contributed by atoms with Crippen LogP contribution in [0.3, 0.4) is 0 Å². The minimum Gasteiger partial charge on any atom is -0.481 e. The van der Waals surface area contributed by atoms with E-state index in [0.29, 0.717) is 18.7 Å². The average Bonchev–Trinajstić information content (AvgIpc) is 2.78. The lowest BCUT2D eigenvalue weighted by Gasteiger charge is -2.27. The zero-order valence-electron chi connectivity index (χ0n) is 20.9. The van der Waals surface area contributed by atoms with Gasteiger partial charge in [0, 0.05) is 13.0 Å². The fourth-order valence-corrected chi connectivity index (χ4v) is 3.48. The van der Waals surface area contributed by atoms with Crippen LogP contribution in [0.2, 0.25) is 0 Å². The first kappa shape index (κ1) is 32.9. The van der Waals surface area contributed by atoms with Crippen LogP contribution in [-0.4, -0.2) is 88.6 Å². The number of carbonyl (C=O) groups excluding carboxylic acids is 3. The molecule has 0 heterocycles. The molecule has 15 heteroatoms. The van der Waals surface area contributed by atoms with Crippen molar-refractivity contribution >= 4 is 47.4 Å². The molecule has 0 rings (SSSR count). The molecular weight excluding hydrogens is 494 g/mol. The second kappa shape index (κ2) is 17.4. The number of carboxylic acid groups (broad SMARTS) is 2. The van der Waals surface area contributed by atoms with Crippen molar-refractivity contribution in [2.75, 3.05) is 18.6 Å². The van der Waals surface area contributed by atoms with Crippen LogP contribution >= 0.6 is 11.8 Å². The van der Waals surface area contributed by atoms with Gasteiger partial charge in [0.2, 0.25) is 17.7 Å². The maximum atomic E-state index is 13.0. The van der Waals surface area contributed by atoms with Crippen molar-refractivity contribution in [3.8, 4) is 0 Å². The summed E-state index contributed by atoms with van der Waals surface area (Å²) < 4.78 is 0. The SMILES string of the molecule is CSCCC(NC(=O)C(N)CCCN=C(N)N)C(=O)NC(C(=O)NC(CCC(=O)O)C(=O)O)C(C)C. The lowest BCUT2D eigenvalue weighted by atomic mass is 10.0. The number of aliphatic imine (C=N–C) groups is 1. The van der Waals surface area contributed by atoms with Crippen molar-refractivity contribution in [1.29, 1.82) is 0 Å². The zero-order chi connectivity index (χ0) is 27.8. The number of rotatable bonds is 18. The van der Waals surface area contributed by atoms with Gasteiger partial charge in [-0.3, -0.25) is 24.2 Å². The number of thioether (sulfide) groups is 1. The van der Waals surface area contributed by atoms with Gasteiger partial charge < -0.3 is 43.4 Å². The van der Waals surface area contributed by atoms with Crippen LogP contribution in [0.5, 0.6) is 0 Å². The van der Waals surface area contributed by atoms with Gasteiger partial charge in [-0.05, 0) is 43.6 Å². The summed E-state index contributed by atoms with van der Waals surface area (Å²) in [5.74, 6) is -4.51. The Morgan fingerprint density at radius 2 is 1.50 bits per heavy atom. The standard InChI is InChI=1S/C21H39N7O7S/c1-11(2)16(19(33)27-14(20(34)35)6-7-15(29)30)28-18(32)13(8-10-36-3)26-17(31)12(22)5-4-9-25-21(23)24/h11-14,16H,4-10,22H2,1-3H3,(H,26,31)(H,27,33)(H,28,32)(H,29,30)(H,34,35)(H4,23,24,25). The first-order valence-corrected chi connectivity index (χ1v) is 12.8. The molecule has 206 valence electrons. The number of amides is 3. The van der Waals surface area contributed by atoms with Gasteiger partial charge >= 0.3 is 11.9 Å².